The average molecular weight is 275 g/mol. The van der Waals surface area contributed by atoms with Gasteiger partial charge >= 0.3 is 0 Å². The van der Waals surface area contributed by atoms with Crippen molar-refractivity contribution in [3.8, 4) is 0 Å². The molecule has 0 saturated carbocycles. The molecule has 2 nitrogen and oxygen atoms in total. The SMILES string of the molecule is CC(C)CNCC1CCCOC1CCc1ccccc1. The summed E-state index contributed by atoms with van der Waals surface area (Å²) in [6, 6.07) is 10.8. The Morgan fingerprint density at radius 1 is 1.25 bits per heavy atom. The number of rotatable bonds is 7. The van der Waals surface area contributed by atoms with E-state index < -0.39 is 0 Å². The summed E-state index contributed by atoms with van der Waals surface area (Å²) in [5, 5.41) is 3.60. The smallest absolute Gasteiger partial charge is 0.0618 e. The van der Waals surface area contributed by atoms with Crippen LogP contribution in [-0.2, 0) is 11.2 Å². The van der Waals surface area contributed by atoms with E-state index in [1.54, 1.807) is 0 Å². The molecule has 0 aliphatic carbocycles. The fraction of sp³-hybridized carbons (Fsp3) is 0.667. The molecule has 0 bridgehead atoms. The molecule has 1 aliphatic rings. The first-order chi connectivity index (χ1) is 9.75. The molecule has 1 heterocycles. The van der Waals surface area contributed by atoms with Crippen molar-refractivity contribution < 1.29 is 4.74 Å². The second-order valence-electron chi connectivity index (χ2n) is 6.39. The predicted molar refractivity (Wildman–Crippen MR) is 84.9 cm³/mol. The first-order valence-electron chi connectivity index (χ1n) is 8.12. The van der Waals surface area contributed by atoms with E-state index in [1.807, 2.05) is 0 Å². The summed E-state index contributed by atoms with van der Waals surface area (Å²) < 4.78 is 6.03. The minimum Gasteiger partial charge on any atom is -0.378 e. The zero-order valence-electron chi connectivity index (χ0n) is 13.0. The molecule has 112 valence electrons. The zero-order chi connectivity index (χ0) is 14.2. The van der Waals surface area contributed by atoms with Crippen molar-refractivity contribution in [2.75, 3.05) is 19.7 Å². The first-order valence-corrected chi connectivity index (χ1v) is 8.12. The van der Waals surface area contributed by atoms with Gasteiger partial charge in [0.1, 0.15) is 0 Å². The average Bonchev–Trinajstić information content (AvgIpc) is 2.47. The van der Waals surface area contributed by atoms with Gasteiger partial charge in [0.2, 0.25) is 0 Å². The van der Waals surface area contributed by atoms with E-state index in [1.165, 1.54) is 18.4 Å². The molecule has 2 unspecified atom stereocenters. The summed E-state index contributed by atoms with van der Waals surface area (Å²) in [5.41, 5.74) is 1.43. The van der Waals surface area contributed by atoms with E-state index in [0.29, 0.717) is 12.0 Å². The molecule has 1 fully saturated rings. The Bertz CT molecular complexity index is 363. The van der Waals surface area contributed by atoms with Crippen LogP contribution in [0.4, 0.5) is 0 Å². The van der Waals surface area contributed by atoms with E-state index in [0.717, 1.165) is 38.5 Å². The zero-order valence-corrected chi connectivity index (χ0v) is 13.0. The Balaban J connectivity index is 1.77. The maximum atomic E-state index is 6.03. The van der Waals surface area contributed by atoms with Crippen molar-refractivity contribution in [1.82, 2.24) is 5.32 Å². The number of aryl methyl sites for hydroxylation is 1. The predicted octanol–water partition coefficient (Wildman–Crippen LogP) is 3.66. The Morgan fingerprint density at radius 3 is 2.80 bits per heavy atom. The van der Waals surface area contributed by atoms with Crippen LogP contribution in [0.15, 0.2) is 30.3 Å². The van der Waals surface area contributed by atoms with Gasteiger partial charge in [0, 0.05) is 13.2 Å². The molecule has 0 amide bonds. The molecule has 2 atom stereocenters. The van der Waals surface area contributed by atoms with Crippen molar-refractivity contribution >= 4 is 0 Å². The fourth-order valence-corrected chi connectivity index (χ4v) is 2.97. The maximum Gasteiger partial charge on any atom is 0.0618 e. The first kappa shape index (κ1) is 15.5. The Labute approximate surface area is 123 Å². The lowest BCUT2D eigenvalue weighted by atomic mass is 9.90. The quantitative estimate of drug-likeness (QED) is 0.820. The van der Waals surface area contributed by atoms with Gasteiger partial charge in [-0.05, 0) is 49.6 Å². The molecule has 1 aromatic carbocycles. The molecule has 1 saturated heterocycles. The lowest BCUT2D eigenvalue weighted by molar-refractivity contribution is -0.0299. The van der Waals surface area contributed by atoms with Crippen LogP contribution in [0.1, 0.15) is 38.7 Å². The number of hydrogen-bond acceptors (Lipinski definition) is 2. The van der Waals surface area contributed by atoms with Crippen molar-refractivity contribution in [3.63, 3.8) is 0 Å². The van der Waals surface area contributed by atoms with Crippen LogP contribution in [-0.4, -0.2) is 25.8 Å². The summed E-state index contributed by atoms with van der Waals surface area (Å²) in [5.74, 6) is 1.41. The second-order valence-corrected chi connectivity index (χ2v) is 6.39. The molecule has 20 heavy (non-hydrogen) atoms. The van der Waals surface area contributed by atoms with Crippen LogP contribution in [0.25, 0.3) is 0 Å². The van der Waals surface area contributed by atoms with Gasteiger partial charge in [-0.3, -0.25) is 0 Å². The molecule has 0 aromatic heterocycles. The number of hydrogen-bond donors (Lipinski definition) is 1. The van der Waals surface area contributed by atoms with Crippen LogP contribution in [0, 0.1) is 11.8 Å². The largest absolute Gasteiger partial charge is 0.378 e. The van der Waals surface area contributed by atoms with Crippen molar-refractivity contribution in [1.29, 1.82) is 0 Å². The van der Waals surface area contributed by atoms with Crippen molar-refractivity contribution in [2.45, 2.75) is 45.6 Å². The van der Waals surface area contributed by atoms with Crippen LogP contribution in [0.5, 0.6) is 0 Å². The van der Waals surface area contributed by atoms with Crippen LogP contribution < -0.4 is 5.32 Å². The number of benzene rings is 1. The second kappa shape index (κ2) is 8.43. The van der Waals surface area contributed by atoms with Gasteiger partial charge in [0.15, 0.2) is 0 Å². The topological polar surface area (TPSA) is 21.3 Å². The molecular weight excluding hydrogens is 246 g/mol. The van der Waals surface area contributed by atoms with E-state index in [9.17, 15) is 0 Å². The third-order valence-corrected chi connectivity index (χ3v) is 4.10. The minimum atomic E-state index is 0.434. The highest BCUT2D eigenvalue weighted by Crippen LogP contribution is 2.24. The number of nitrogens with one attached hydrogen (secondary N) is 1. The van der Waals surface area contributed by atoms with E-state index in [-0.39, 0.29) is 0 Å². The van der Waals surface area contributed by atoms with E-state index >= 15 is 0 Å². The van der Waals surface area contributed by atoms with Gasteiger partial charge in [0.05, 0.1) is 6.10 Å². The van der Waals surface area contributed by atoms with Crippen LogP contribution in [0.2, 0.25) is 0 Å². The van der Waals surface area contributed by atoms with Crippen LogP contribution >= 0.6 is 0 Å². The van der Waals surface area contributed by atoms with Gasteiger partial charge in [-0.1, -0.05) is 44.2 Å². The molecule has 0 radical (unpaired) electrons. The lowest BCUT2D eigenvalue weighted by Crippen LogP contribution is -2.38. The lowest BCUT2D eigenvalue weighted by Gasteiger charge is -2.32. The van der Waals surface area contributed by atoms with Crippen molar-refractivity contribution in [3.05, 3.63) is 35.9 Å². The van der Waals surface area contributed by atoms with Gasteiger partial charge in [0.25, 0.3) is 0 Å². The summed E-state index contributed by atoms with van der Waals surface area (Å²) in [6.45, 7) is 7.69. The monoisotopic (exact) mass is 275 g/mol. The van der Waals surface area contributed by atoms with Crippen LogP contribution in [0.3, 0.4) is 0 Å². The molecule has 2 rings (SSSR count). The van der Waals surface area contributed by atoms with E-state index in [2.05, 4.69) is 49.5 Å². The molecule has 2 heteroatoms. The Morgan fingerprint density at radius 2 is 2.05 bits per heavy atom. The summed E-state index contributed by atoms with van der Waals surface area (Å²) in [6.07, 6.45) is 5.24. The van der Waals surface area contributed by atoms with Gasteiger partial charge in [-0.2, -0.15) is 0 Å². The fourth-order valence-electron chi connectivity index (χ4n) is 2.97. The molecule has 1 aliphatic heterocycles. The normalized spacial score (nSPS) is 23.1. The van der Waals surface area contributed by atoms with Gasteiger partial charge < -0.3 is 10.1 Å². The molecule has 1 aromatic rings. The standard InChI is InChI=1S/C18H29NO/c1-15(2)13-19-14-17-9-6-12-20-18(17)11-10-16-7-4-3-5-8-16/h3-5,7-8,15,17-19H,6,9-14H2,1-2H3. The molecular formula is C18H29NO. The van der Waals surface area contributed by atoms with Gasteiger partial charge in [-0.15, -0.1) is 0 Å². The van der Waals surface area contributed by atoms with Crippen molar-refractivity contribution in [2.24, 2.45) is 11.8 Å². The highest BCUT2D eigenvalue weighted by atomic mass is 16.5. The third-order valence-electron chi connectivity index (χ3n) is 4.10. The summed E-state index contributed by atoms with van der Waals surface area (Å²) in [4.78, 5) is 0. The van der Waals surface area contributed by atoms with Gasteiger partial charge in [-0.25, -0.2) is 0 Å². The summed E-state index contributed by atoms with van der Waals surface area (Å²) >= 11 is 0. The summed E-state index contributed by atoms with van der Waals surface area (Å²) in [7, 11) is 0. The Kier molecular flexibility index (Phi) is 6.55. The van der Waals surface area contributed by atoms with E-state index in [4.69, 9.17) is 4.74 Å². The third kappa shape index (κ3) is 5.26. The minimum absolute atomic E-state index is 0.434. The molecule has 1 N–H and O–H groups in total. The maximum absolute atomic E-state index is 6.03. The highest BCUT2D eigenvalue weighted by molar-refractivity contribution is 5.14. The number of ether oxygens (including phenoxy) is 1. The Hall–Kier alpha value is -0.860. The molecule has 0 spiro atoms. The highest BCUT2D eigenvalue weighted by Gasteiger charge is 2.25.